The Hall–Kier alpha value is -5.67. The van der Waals surface area contributed by atoms with Crippen molar-refractivity contribution >= 4 is 63.7 Å². The minimum Gasteiger partial charge on any atom is -0.478 e. The number of hydrogen-bond donors (Lipinski definition) is 4. The summed E-state index contributed by atoms with van der Waals surface area (Å²) in [6.07, 6.45) is 1.66. The van der Waals surface area contributed by atoms with Crippen LogP contribution in [0.4, 0.5) is 11.4 Å². The Kier molecular flexibility index (Phi) is 9.71. The van der Waals surface area contributed by atoms with Crippen LogP contribution in [0.3, 0.4) is 0 Å². The fraction of sp³-hybridized carbons (Fsp3) is 0.0556. The van der Waals surface area contributed by atoms with Gasteiger partial charge in [-0.05, 0) is 90.0 Å². The van der Waals surface area contributed by atoms with Crippen LogP contribution in [0, 0.1) is 0 Å². The van der Waals surface area contributed by atoms with Crippen LogP contribution in [0.2, 0.25) is 0 Å². The van der Waals surface area contributed by atoms with E-state index in [1.165, 1.54) is 23.9 Å². The number of carboxylic acid groups (broad SMARTS) is 1. The Balaban J connectivity index is 1.28. The monoisotopic (exact) mass is 615 g/mol. The van der Waals surface area contributed by atoms with Gasteiger partial charge < -0.3 is 21.1 Å². The van der Waals surface area contributed by atoms with Gasteiger partial charge in [-0.15, -0.1) is 11.8 Å². The molecule has 0 aliphatic rings. The number of benzene rings is 5. The summed E-state index contributed by atoms with van der Waals surface area (Å²) in [6, 6.07) is 35.2. The van der Waals surface area contributed by atoms with E-state index in [-0.39, 0.29) is 17.2 Å². The quantitative estimate of drug-likeness (QED) is 0.0984. The highest BCUT2D eigenvalue weighted by atomic mass is 32.2. The van der Waals surface area contributed by atoms with E-state index in [0.29, 0.717) is 16.9 Å². The molecule has 3 amide bonds. The fourth-order valence-electron chi connectivity index (χ4n) is 4.49. The van der Waals surface area contributed by atoms with Gasteiger partial charge in [-0.25, -0.2) is 4.79 Å². The van der Waals surface area contributed by atoms with E-state index in [4.69, 9.17) is 5.11 Å². The van der Waals surface area contributed by atoms with Gasteiger partial charge in [0.1, 0.15) is 5.70 Å². The molecule has 0 heterocycles. The molecule has 8 nitrogen and oxygen atoms in total. The lowest BCUT2D eigenvalue weighted by atomic mass is 10.0. The number of amides is 3. The van der Waals surface area contributed by atoms with Crippen molar-refractivity contribution in [2.45, 2.75) is 17.1 Å². The van der Waals surface area contributed by atoms with E-state index in [1.54, 1.807) is 73.7 Å². The lowest BCUT2D eigenvalue weighted by molar-refractivity contribution is -0.115. The van der Waals surface area contributed by atoms with Crippen LogP contribution >= 0.6 is 11.8 Å². The second-order valence-corrected chi connectivity index (χ2v) is 11.5. The van der Waals surface area contributed by atoms with Crippen molar-refractivity contribution in [3.05, 3.63) is 144 Å². The maximum atomic E-state index is 13.5. The van der Waals surface area contributed by atoms with Gasteiger partial charge >= 0.3 is 5.97 Å². The molecule has 9 heteroatoms. The van der Waals surface area contributed by atoms with Crippen LogP contribution in [-0.4, -0.2) is 34.0 Å². The zero-order chi connectivity index (χ0) is 31.8. The maximum absolute atomic E-state index is 13.5. The molecule has 5 aromatic rings. The minimum absolute atomic E-state index is 0.0836. The molecule has 0 aromatic heterocycles. The van der Waals surface area contributed by atoms with Crippen molar-refractivity contribution in [3.63, 3.8) is 0 Å². The number of nitrogens with one attached hydrogen (secondary N) is 3. The molecule has 0 spiro atoms. The van der Waals surface area contributed by atoms with Gasteiger partial charge in [-0.2, -0.15) is 0 Å². The molecule has 0 radical (unpaired) electrons. The molecule has 1 unspecified atom stereocenters. The Labute approximate surface area is 264 Å². The fourth-order valence-corrected chi connectivity index (χ4v) is 5.35. The largest absolute Gasteiger partial charge is 0.478 e. The smallest absolute Gasteiger partial charge is 0.335 e. The second-order valence-electron chi connectivity index (χ2n) is 10.1. The van der Waals surface area contributed by atoms with Gasteiger partial charge in [-0.1, -0.05) is 60.7 Å². The van der Waals surface area contributed by atoms with Crippen LogP contribution in [0.1, 0.15) is 33.2 Å². The average Bonchev–Trinajstić information content (AvgIpc) is 3.06. The standard InChI is InChI=1S/C36H29N3O5S/c1-23(33(40)37-28-16-14-26(15-17-28)36(43)44)45-30-20-18-29(19-21-30)38-35(42)32(39-34(41)25-9-3-2-4-10-25)22-27-12-7-11-24-8-5-6-13-31(24)27/h2-23H,1H3,(H,37,40)(H,38,42)(H,39,41)(H,43,44)/b32-22-. The number of fused-ring (bicyclic) bond motifs is 1. The summed E-state index contributed by atoms with van der Waals surface area (Å²) in [5.41, 5.74) is 2.44. The van der Waals surface area contributed by atoms with Crippen LogP contribution in [0.15, 0.2) is 132 Å². The third-order valence-electron chi connectivity index (χ3n) is 6.85. The number of anilines is 2. The van der Waals surface area contributed by atoms with Crippen molar-refractivity contribution in [2.24, 2.45) is 0 Å². The summed E-state index contributed by atoms with van der Waals surface area (Å²) in [6.45, 7) is 1.76. The van der Waals surface area contributed by atoms with Gasteiger partial charge in [0, 0.05) is 21.8 Å². The van der Waals surface area contributed by atoms with Gasteiger partial charge in [0.15, 0.2) is 0 Å². The van der Waals surface area contributed by atoms with Gasteiger partial charge in [0.05, 0.1) is 10.8 Å². The van der Waals surface area contributed by atoms with Crippen LogP contribution in [-0.2, 0) is 9.59 Å². The molecular weight excluding hydrogens is 586 g/mol. The first-order valence-corrected chi connectivity index (χ1v) is 14.9. The highest BCUT2D eigenvalue weighted by Crippen LogP contribution is 2.26. The molecule has 1 atom stereocenters. The van der Waals surface area contributed by atoms with Crippen molar-refractivity contribution in [1.82, 2.24) is 5.32 Å². The van der Waals surface area contributed by atoms with Gasteiger partial charge in [0.2, 0.25) is 5.91 Å². The summed E-state index contributed by atoms with van der Waals surface area (Å²) >= 11 is 1.33. The van der Waals surface area contributed by atoms with Crippen LogP contribution in [0.5, 0.6) is 0 Å². The number of rotatable bonds is 10. The average molecular weight is 616 g/mol. The number of carbonyl (C=O) groups excluding carboxylic acids is 3. The summed E-state index contributed by atoms with van der Waals surface area (Å²) in [5.74, 6) is -2.17. The molecule has 5 rings (SSSR count). The zero-order valence-corrected chi connectivity index (χ0v) is 25.0. The van der Waals surface area contributed by atoms with E-state index in [9.17, 15) is 19.2 Å². The summed E-state index contributed by atoms with van der Waals surface area (Å²) < 4.78 is 0. The molecule has 5 aromatic carbocycles. The van der Waals surface area contributed by atoms with E-state index in [2.05, 4.69) is 16.0 Å². The van der Waals surface area contributed by atoms with Crippen molar-refractivity contribution in [2.75, 3.05) is 10.6 Å². The van der Waals surface area contributed by atoms with Crippen LogP contribution in [0.25, 0.3) is 16.8 Å². The minimum atomic E-state index is -1.04. The van der Waals surface area contributed by atoms with Gasteiger partial charge in [-0.3, -0.25) is 14.4 Å². The predicted molar refractivity (Wildman–Crippen MR) is 178 cm³/mol. The number of carbonyl (C=O) groups is 4. The molecule has 0 aliphatic heterocycles. The van der Waals surface area contributed by atoms with Crippen molar-refractivity contribution in [1.29, 1.82) is 0 Å². The Morgan fingerprint density at radius 2 is 1.31 bits per heavy atom. The Morgan fingerprint density at radius 1 is 0.689 bits per heavy atom. The molecule has 4 N–H and O–H groups in total. The molecular formula is C36H29N3O5S. The highest BCUT2D eigenvalue weighted by molar-refractivity contribution is 8.00. The predicted octanol–water partition coefficient (Wildman–Crippen LogP) is 7.07. The number of hydrogen-bond acceptors (Lipinski definition) is 5. The zero-order valence-electron chi connectivity index (χ0n) is 24.2. The molecule has 224 valence electrons. The van der Waals surface area contributed by atoms with Gasteiger partial charge in [0.25, 0.3) is 11.8 Å². The van der Waals surface area contributed by atoms with E-state index in [0.717, 1.165) is 21.2 Å². The molecule has 45 heavy (non-hydrogen) atoms. The molecule has 0 aliphatic carbocycles. The third-order valence-corrected chi connectivity index (χ3v) is 7.96. The lowest BCUT2D eigenvalue weighted by Gasteiger charge is -2.14. The first-order valence-electron chi connectivity index (χ1n) is 14.0. The highest BCUT2D eigenvalue weighted by Gasteiger charge is 2.17. The number of aromatic carboxylic acids is 1. The Bertz CT molecular complexity index is 1880. The topological polar surface area (TPSA) is 125 Å². The third kappa shape index (κ3) is 8.04. The maximum Gasteiger partial charge on any atom is 0.335 e. The summed E-state index contributed by atoms with van der Waals surface area (Å²) in [7, 11) is 0. The van der Waals surface area contributed by atoms with Crippen molar-refractivity contribution in [3.8, 4) is 0 Å². The molecule has 0 fully saturated rings. The first kappa shape index (κ1) is 30.8. The number of thioether (sulfide) groups is 1. The summed E-state index contributed by atoms with van der Waals surface area (Å²) in [5, 5.41) is 19.0. The van der Waals surface area contributed by atoms with E-state index in [1.807, 2.05) is 48.5 Å². The lowest BCUT2D eigenvalue weighted by Crippen LogP contribution is -2.30. The summed E-state index contributed by atoms with van der Waals surface area (Å²) in [4.78, 5) is 51.1. The normalized spacial score (nSPS) is 11.8. The second kappa shape index (κ2) is 14.2. The molecule has 0 saturated heterocycles. The first-order chi connectivity index (χ1) is 21.8. The SMILES string of the molecule is CC(Sc1ccc(NC(=O)/C(=C/c2cccc3ccccc23)NC(=O)c2ccccc2)cc1)C(=O)Nc1ccc(C(=O)O)cc1. The number of carboxylic acids is 1. The molecule has 0 saturated carbocycles. The molecule has 0 bridgehead atoms. The van der Waals surface area contributed by atoms with Crippen molar-refractivity contribution < 1.29 is 24.3 Å². The van der Waals surface area contributed by atoms with Crippen LogP contribution < -0.4 is 16.0 Å². The van der Waals surface area contributed by atoms with E-state index >= 15 is 0 Å². The Morgan fingerprint density at radius 3 is 2.02 bits per heavy atom. The van der Waals surface area contributed by atoms with E-state index < -0.39 is 23.0 Å².